The van der Waals surface area contributed by atoms with Crippen LogP contribution in [-0.4, -0.2) is 53.4 Å². The number of fused-ring (bicyclic) bond motifs is 3. The van der Waals surface area contributed by atoms with Gasteiger partial charge >= 0.3 is 12.1 Å². The van der Waals surface area contributed by atoms with E-state index in [1.54, 1.807) is 6.07 Å². The maximum absolute atomic E-state index is 12.9. The third-order valence-corrected chi connectivity index (χ3v) is 6.39. The van der Waals surface area contributed by atoms with E-state index < -0.39 is 23.5 Å². The number of carbonyl (C=O) groups excluding carboxylic acids is 2. The van der Waals surface area contributed by atoms with Crippen molar-refractivity contribution in [3.63, 3.8) is 0 Å². The third-order valence-electron chi connectivity index (χ3n) is 6.39. The number of benzene rings is 2. The molecule has 1 saturated heterocycles. The van der Waals surface area contributed by atoms with Crippen LogP contribution in [-0.2, 0) is 14.3 Å². The Bertz CT molecular complexity index is 1260. The maximum Gasteiger partial charge on any atom is 0.411 e. The Morgan fingerprint density at radius 3 is 2.34 bits per heavy atom. The topological polar surface area (TPSA) is 127 Å². The van der Waals surface area contributed by atoms with Crippen LogP contribution < -0.4 is 10.6 Å². The van der Waals surface area contributed by atoms with Crippen LogP contribution in [0.1, 0.15) is 34.0 Å². The number of rotatable bonds is 6. The highest BCUT2D eigenvalue weighted by molar-refractivity contribution is 6.03. The van der Waals surface area contributed by atoms with Crippen molar-refractivity contribution in [3.8, 4) is 11.1 Å². The number of anilines is 1. The van der Waals surface area contributed by atoms with Crippen LogP contribution in [0.3, 0.4) is 0 Å². The zero-order chi connectivity index (χ0) is 24.4. The van der Waals surface area contributed by atoms with E-state index in [4.69, 9.17) is 9.47 Å². The minimum atomic E-state index is -1.53. The largest absolute Gasteiger partial charge is 0.479 e. The number of aromatic nitrogens is 1. The Morgan fingerprint density at radius 1 is 1.03 bits per heavy atom. The molecule has 0 saturated carbocycles. The van der Waals surface area contributed by atoms with Crippen molar-refractivity contribution >= 4 is 23.7 Å². The molecule has 0 bridgehead atoms. The van der Waals surface area contributed by atoms with E-state index in [0.29, 0.717) is 0 Å². The van der Waals surface area contributed by atoms with E-state index in [9.17, 15) is 19.5 Å². The quantitative estimate of drug-likeness (QED) is 0.501. The highest BCUT2D eigenvalue weighted by Gasteiger charge is 2.44. The van der Waals surface area contributed by atoms with Gasteiger partial charge in [-0.1, -0.05) is 48.5 Å². The van der Waals surface area contributed by atoms with Crippen molar-refractivity contribution < 1.29 is 29.0 Å². The van der Waals surface area contributed by atoms with Crippen LogP contribution in [0, 0.1) is 0 Å². The lowest BCUT2D eigenvalue weighted by atomic mass is 9.98. The van der Waals surface area contributed by atoms with Gasteiger partial charge in [0.05, 0.1) is 12.3 Å². The van der Waals surface area contributed by atoms with Gasteiger partial charge in [0.25, 0.3) is 5.91 Å². The Kier molecular flexibility index (Phi) is 5.92. The molecule has 2 aromatic carbocycles. The molecular formula is C26H23N3O6. The van der Waals surface area contributed by atoms with Gasteiger partial charge in [0.1, 0.15) is 6.61 Å². The average molecular weight is 473 g/mol. The van der Waals surface area contributed by atoms with E-state index in [0.717, 1.165) is 22.3 Å². The molecule has 0 spiro atoms. The molecule has 3 aromatic rings. The van der Waals surface area contributed by atoms with E-state index in [2.05, 4.69) is 15.6 Å². The number of carbonyl (C=O) groups is 3. The first-order valence-electron chi connectivity index (χ1n) is 11.2. The van der Waals surface area contributed by atoms with Gasteiger partial charge in [0.2, 0.25) is 0 Å². The van der Waals surface area contributed by atoms with Crippen LogP contribution >= 0.6 is 0 Å². The summed E-state index contributed by atoms with van der Waals surface area (Å²) in [5.74, 6) is -2.03. The molecule has 35 heavy (non-hydrogen) atoms. The molecule has 1 aliphatic heterocycles. The fraction of sp³-hybridized carbons (Fsp3) is 0.231. The van der Waals surface area contributed by atoms with Crippen molar-refractivity contribution in [2.45, 2.75) is 17.9 Å². The second-order valence-electron chi connectivity index (χ2n) is 8.49. The molecule has 1 atom stereocenters. The van der Waals surface area contributed by atoms with Gasteiger partial charge in [0, 0.05) is 25.1 Å². The Hall–Kier alpha value is -4.24. The predicted octanol–water partition coefficient (Wildman–Crippen LogP) is 3.42. The molecule has 5 rings (SSSR count). The first kappa shape index (κ1) is 22.5. The SMILES string of the molecule is O=C(Nc1cccnc1C(=O)NC1(C(=O)O)CCOC1)OCC1c2ccccc2-c2ccccc21. The van der Waals surface area contributed by atoms with Gasteiger partial charge in [-0.25, -0.2) is 14.6 Å². The lowest BCUT2D eigenvalue weighted by Crippen LogP contribution is -2.55. The summed E-state index contributed by atoms with van der Waals surface area (Å²) < 4.78 is 10.7. The number of amides is 2. The fourth-order valence-corrected chi connectivity index (χ4v) is 4.59. The summed E-state index contributed by atoms with van der Waals surface area (Å²) in [6, 6.07) is 19.1. The lowest BCUT2D eigenvalue weighted by molar-refractivity contribution is -0.144. The predicted molar refractivity (Wildman–Crippen MR) is 126 cm³/mol. The van der Waals surface area contributed by atoms with Crippen molar-refractivity contribution in [2.24, 2.45) is 0 Å². The third kappa shape index (κ3) is 4.22. The summed E-state index contributed by atoms with van der Waals surface area (Å²) in [5.41, 5.74) is 2.87. The minimum Gasteiger partial charge on any atom is -0.479 e. The van der Waals surface area contributed by atoms with E-state index in [-0.39, 0.29) is 43.5 Å². The molecular weight excluding hydrogens is 450 g/mol. The number of nitrogens with zero attached hydrogens (tertiary/aromatic N) is 1. The number of hydrogen-bond donors (Lipinski definition) is 3. The van der Waals surface area contributed by atoms with Crippen LogP contribution in [0.4, 0.5) is 10.5 Å². The molecule has 0 radical (unpaired) electrons. The van der Waals surface area contributed by atoms with Crippen LogP contribution in [0.25, 0.3) is 11.1 Å². The summed E-state index contributed by atoms with van der Waals surface area (Å²) in [4.78, 5) is 41.3. The second kappa shape index (κ2) is 9.19. The van der Waals surface area contributed by atoms with Crippen LogP contribution in [0.5, 0.6) is 0 Å². The number of ether oxygens (including phenoxy) is 2. The number of nitrogens with one attached hydrogen (secondary N) is 2. The average Bonchev–Trinajstić information content (AvgIpc) is 3.47. The molecule has 178 valence electrons. The molecule has 2 amide bonds. The number of carboxylic acid groups (broad SMARTS) is 1. The summed E-state index contributed by atoms with van der Waals surface area (Å²) >= 11 is 0. The lowest BCUT2D eigenvalue weighted by Gasteiger charge is -2.24. The minimum absolute atomic E-state index is 0.109. The molecule has 1 aromatic heterocycles. The van der Waals surface area contributed by atoms with Gasteiger partial charge in [-0.2, -0.15) is 0 Å². The number of carboxylic acids is 1. The van der Waals surface area contributed by atoms with Gasteiger partial charge in [0.15, 0.2) is 11.2 Å². The van der Waals surface area contributed by atoms with Gasteiger partial charge < -0.3 is 19.9 Å². The second-order valence-corrected chi connectivity index (χ2v) is 8.49. The molecule has 9 nitrogen and oxygen atoms in total. The summed E-state index contributed by atoms with van der Waals surface area (Å²) in [6.07, 6.45) is 0.776. The van der Waals surface area contributed by atoms with Gasteiger partial charge in [-0.15, -0.1) is 0 Å². The number of aliphatic carboxylic acids is 1. The maximum atomic E-state index is 12.9. The smallest absolute Gasteiger partial charge is 0.411 e. The highest BCUT2D eigenvalue weighted by atomic mass is 16.5. The monoisotopic (exact) mass is 473 g/mol. The molecule has 3 N–H and O–H groups in total. The Labute approximate surface area is 201 Å². The van der Waals surface area contributed by atoms with Crippen molar-refractivity contribution in [1.82, 2.24) is 10.3 Å². The van der Waals surface area contributed by atoms with E-state index in [1.807, 2.05) is 48.5 Å². The molecule has 9 heteroatoms. The number of hydrogen-bond acceptors (Lipinski definition) is 6. The highest BCUT2D eigenvalue weighted by Crippen LogP contribution is 2.44. The van der Waals surface area contributed by atoms with Crippen molar-refractivity contribution in [1.29, 1.82) is 0 Å². The standard InChI is InChI=1S/C26H23N3O6/c30-23(29-26(24(31)32)11-13-34-15-26)22-21(10-5-12-27-22)28-25(33)35-14-20-18-8-3-1-6-16(18)17-7-2-4-9-19(17)20/h1-10,12,20H,11,13-15H2,(H,28,33)(H,29,30)(H,31,32). The van der Waals surface area contributed by atoms with Gasteiger partial charge in [-0.3, -0.25) is 10.1 Å². The first-order chi connectivity index (χ1) is 17.0. The zero-order valence-electron chi connectivity index (χ0n) is 18.7. The van der Waals surface area contributed by atoms with Crippen LogP contribution in [0.15, 0.2) is 66.9 Å². The molecule has 2 aliphatic rings. The molecule has 2 heterocycles. The normalized spacial score (nSPS) is 18.4. The van der Waals surface area contributed by atoms with E-state index in [1.165, 1.54) is 12.3 Å². The van der Waals surface area contributed by atoms with E-state index >= 15 is 0 Å². The van der Waals surface area contributed by atoms with Crippen molar-refractivity contribution in [3.05, 3.63) is 83.7 Å². The van der Waals surface area contributed by atoms with Crippen molar-refractivity contribution in [2.75, 3.05) is 25.1 Å². The molecule has 1 aliphatic carbocycles. The zero-order valence-corrected chi connectivity index (χ0v) is 18.7. The fourth-order valence-electron chi connectivity index (χ4n) is 4.59. The Balaban J connectivity index is 1.29. The number of pyridine rings is 1. The Morgan fingerprint density at radius 2 is 1.71 bits per heavy atom. The summed E-state index contributed by atoms with van der Waals surface area (Å²) in [5, 5.41) is 14.7. The molecule has 1 fully saturated rings. The van der Waals surface area contributed by atoms with Crippen LogP contribution in [0.2, 0.25) is 0 Å². The molecule has 1 unspecified atom stereocenters. The summed E-state index contributed by atoms with van der Waals surface area (Å²) in [6.45, 7) is 0.191. The van der Waals surface area contributed by atoms with Gasteiger partial charge in [-0.05, 0) is 34.4 Å². The first-order valence-corrected chi connectivity index (χ1v) is 11.2. The summed E-state index contributed by atoms with van der Waals surface area (Å²) in [7, 11) is 0.